The van der Waals surface area contributed by atoms with Gasteiger partial charge < -0.3 is 0 Å². The maximum absolute atomic E-state index is 13.9. The van der Waals surface area contributed by atoms with Gasteiger partial charge in [0.25, 0.3) is 0 Å². The van der Waals surface area contributed by atoms with E-state index in [1.54, 1.807) is 0 Å². The Morgan fingerprint density at radius 2 is 2.29 bits per heavy atom. The second-order valence-corrected chi connectivity index (χ2v) is 11.2. The fraction of sp³-hybridized carbons (Fsp3) is 1.00. The third-order valence-electron chi connectivity index (χ3n) is 1.88. The van der Waals surface area contributed by atoms with Crippen LogP contribution in [0.4, 0.5) is 4.39 Å². The molecule has 8 heteroatoms. The van der Waals surface area contributed by atoms with Crippen molar-refractivity contribution < 1.29 is 37.9 Å². The SMILES string of the molecule is [B][C@@H]1S[C@](F)(CO[P+](C)=[W])[C@@H](O)[C@H]1O. The summed E-state index contributed by atoms with van der Waals surface area (Å²) in [6.45, 7) is 1.66. The fourth-order valence-corrected chi connectivity index (χ4v) is 3.27. The van der Waals surface area contributed by atoms with Crippen LogP contribution in [0.2, 0.25) is 0 Å². The summed E-state index contributed by atoms with van der Waals surface area (Å²) < 4.78 is 19.1. The number of hydrogen-bond donors (Lipinski definition) is 2. The Morgan fingerprint density at radius 1 is 1.71 bits per heavy atom. The first-order valence-electron chi connectivity index (χ1n) is 3.89. The first kappa shape index (κ1) is 13.3. The summed E-state index contributed by atoms with van der Waals surface area (Å²) in [4.78, 5) is 0. The quantitative estimate of drug-likeness (QED) is 0.516. The molecule has 1 aliphatic rings. The minimum absolute atomic E-state index is 0.213. The number of halogens is 1. The van der Waals surface area contributed by atoms with Gasteiger partial charge in [-0.15, -0.1) is 0 Å². The molecule has 0 aromatic rings. The van der Waals surface area contributed by atoms with Gasteiger partial charge in [0.05, 0.1) is 0 Å². The number of aliphatic hydroxyl groups excluding tert-OH is 2. The molecule has 1 unspecified atom stereocenters. The molecular formula is C6H10BFO3PSW+. The average molecular weight is 407 g/mol. The van der Waals surface area contributed by atoms with Gasteiger partial charge in [-0.3, -0.25) is 0 Å². The van der Waals surface area contributed by atoms with Crippen molar-refractivity contribution in [1.29, 1.82) is 0 Å². The molecule has 0 aromatic heterocycles. The van der Waals surface area contributed by atoms with Gasteiger partial charge in [0.15, 0.2) is 0 Å². The van der Waals surface area contributed by atoms with E-state index in [9.17, 15) is 14.6 Å². The van der Waals surface area contributed by atoms with Gasteiger partial charge in [-0.05, 0) is 0 Å². The van der Waals surface area contributed by atoms with Crippen LogP contribution in [0.1, 0.15) is 0 Å². The van der Waals surface area contributed by atoms with Gasteiger partial charge >= 0.3 is 99.0 Å². The van der Waals surface area contributed by atoms with Crippen molar-refractivity contribution in [1.82, 2.24) is 0 Å². The molecule has 1 heterocycles. The fourth-order valence-electron chi connectivity index (χ4n) is 1.10. The molecule has 0 bridgehead atoms. The molecule has 1 rings (SSSR count). The Kier molecular flexibility index (Phi) is 4.77. The monoisotopic (exact) mass is 407 g/mol. The maximum atomic E-state index is 13.9. The molecule has 2 radical (unpaired) electrons. The van der Waals surface area contributed by atoms with Crippen LogP contribution in [0.5, 0.6) is 0 Å². The van der Waals surface area contributed by atoms with E-state index in [4.69, 9.17) is 12.4 Å². The Morgan fingerprint density at radius 3 is 2.64 bits per heavy atom. The van der Waals surface area contributed by atoms with Crippen molar-refractivity contribution in [2.45, 2.75) is 22.4 Å². The first-order valence-corrected chi connectivity index (χ1v) is 10.3. The molecule has 3 nitrogen and oxygen atoms in total. The number of alkyl halides is 1. The second kappa shape index (κ2) is 5.03. The molecule has 14 heavy (non-hydrogen) atoms. The summed E-state index contributed by atoms with van der Waals surface area (Å²) in [5, 5.41) is 15.9. The molecule has 0 amide bonds. The summed E-state index contributed by atoms with van der Waals surface area (Å²) in [5.41, 5.74) is 0. The first-order chi connectivity index (χ1) is 6.37. The van der Waals surface area contributed by atoms with Crippen LogP contribution in [0, 0.1) is 0 Å². The summed E-state index contributed by atoms with van der Waals surface area (Å²) in [7, 11) is 5.42. The van der Waals surface area contributed by atoms with E-state index in [-0.39, 0.29) is 6.61 Å². The average Bonchev–Trinajstić information content (AvgIpc) is 2.28. The van der Waals surface area contributed by atoms with Gasteiger partial charge in [0, 0.05) is 0 Å². The topological polar surface area (TPSA) is 49.7 Å². The summed E-state index contributed by atoms with van der Waals surface area (Å²) in [6, 6.07) is 0. The Labute approximate surface area is 98.8 Å². The van der Waals surface area contributed by atoms with Crippen molar-refractivity contribution in [3.8, 4) is 0 Å². The van der Waals surface area contributed by atoms with Crippen molar-refractivity contribution in [3.63, 3.8) is 0 Å². The Bertz CT molecular complexity index is 249. The van der Waals surface area contributed by atoms with Gasteiger partial charge in [-0.25, -0.2) is 0 Å². The van der Waals surface area contributed by atoms with E-state index in [1.807, 2.05) is 6.66 Å². The number of aliphatic hydroxyl groups is 2. The van der Waals surface area contributed by atoms with Crippen LogP contribution in [0.15, 0.2) is 0 Å². The third kappa shape index (κ3) is 2.87. The molecular weight excluding hydrogens is 397 g/mol. The van der Waals surface area contributed by atoms with Crippen molar-refractivity contribution in [3.05, 3.63) is 0 Å². The molecule has 1 saturated heterocycles. The minimum atomic E-state index is -1.97. The predicted octanol–water partition coefficient (Wildman–Crippen LogP) is 0.120. The van der Waals surface area contributed by atoms with Crippen LogP contribution in [-0.4, -0.2) is 53.7 Å². The van der Waals surface area contributed by atoms with Gasteiger partial charge in [-0.2, -0.15) is 0 Å². The number of hydrogen-bond acceptors (Lipinski definition) is 4. The van der Waals surface area contributed by atoms with Gasteiger partial charge in [0.2, 0.25) is 0 Å². The van der Waals surface area contributed by atoms with E-state index >= 15 is 0 Å². The molecule has 1 fully saturated rings. The molecule has 78 valence electrons. The van der Waals surface area contributed by atoms with E-state index in [0.29, 0.717) is 0 Å². The normalized spacial score (nSPS) is 44.0. The summed E-state index contributed by atoms with van der Waals surface area (Å²) in [5.74, 6) is -0.600. The van der Waals surface area contributed by atoms with Crippen LogP contribution in [0.25, 0.3) is 0 Å². The Balaban J connectivity index is 2.61. The zero-order chi connectivity index (χ0) is 10.9. The number of rotatable bonds is 3. The zero-order valence-electron chi connectivity index (χ0n) is 7.46. The number of thioether (sulfide) groups is 1. The predicted molar refractivity (Wildman–Crippen MR) is 51.8 cm³/mol. The van der Waals surface area contributed by atoms with Crippen LogP contribution in [0.3, 0.4) is 0 Å². The summed E-state index contributed by atoms with van der Waals surface area (Å²) >= 11 is 1.98. The Hall–Kier alpha value is 1.21. The van der Waals surface area contributed by atoms with E-state index < -0.39 is 28.1 Å². The van der Waals surface area contributed by atoms with Crippen molar-refractivity contribution in [2.75, 3.05) is 13.3 Å². The second-order valence-electron chi connectivity index (χ2n) is 3.02. The third-order valence-corrected chi connectivity index (χ3v) is 4.81. The molecule has 0 aromatic carbocycles. The van der Waals surface area contributed by atoms with Gasteiger partial charge in [-0.1, -0.05) is 0 Å². The van der Waals surface area contributed by atoms with Gasteiger partial charge in [0.1, 0.15) is 0 Å². The van der Waals surface area contributed by atoms with Crippen molar-refractivity contribution >= 4 is 25.4 Å². The van der Waals surface area contributed by atoms with Crippen LogP contribution >= 0.6 is 17.5 Å². The van der Waals surface area contributed by atoms with E-state index in [1.165, 1.54) is 18.8 Å². The van der Waals surface area contributed by atoms with E-state index in [2.05, 4.69) is 0 Å². The van der Waals surface area contributed by atoms with Crippen LogP contribution in [-0.2, 0) is 23.3 Å². The van der Waals surface area contributed by atoms with E-state index in [0.717, 1.165) is 11.8 Å². The molecule has 2 N–H and O–H groups in total. The molecule has 1 aliphatic heterocycles. The molecule has 5 atom stereocenters. The molecule has 0 saturated carbocycles. The summed E-state index contributed by atoms with van der Waals surface area (Å²) in [6.07, 6.45) is -2.69. The van der Waals surface area contributed by atoms with Crippen LogP contribution < -0.4 is 0 Å². The molecule has 0 spiro atoms. The standard InChI is InChI=1S/C6H10BFO3PS.W/c1-12-11-2-6(8)4(10)3(9)5(7)13-6;/h3-5,9-10H,2H2,1H3;/q-1;+2/t3-,4+,5-,6-;/m1./s1. The zero-order valence-corrected chi connectivity index (χ0v) is 12.1. The van der Waals surface area contributed by atoms with Crippen molar-refractivity contribution in [2.24, 2.45) is 0 Å². The molecule has 0 aliphatic carbocycles.